The van der Waals surface area contributed by atoms with Crippen LogP contribution in [0.4, 0.5) is 0 Å². The zero-order valence-corrected chi connectivity index (χ0v) is 10.5. The fourth-order valence-electron chi connectivity index (χ4n) is 2.37. The van der Waals surface area contributed by atoms with Gasteiger partial charge in [-0.3, -0.25) is 4.79 Å². The number of benzene rings is 1. The maximum absolute atomic E-state index is 12.4. The van der Waals surface area contributed by atoms with Gasteiger partial charge in [0.1, 0.15) is 5.75 Å². The number of amides is 1. The first-order chi connectivity index (χ1) is 8.22. The number of rotatable bonds is 2. The Kier molecular flexibility index (Phi) is 3.67. The number of likely N-dealkylation sites (tertiary alicyclic amines) is 1. The molecule has 1 aliphatic heterocycles. The van der Waals surface area contributed by atoms with Crippen molar-refractivity contribution in [1.82, 2.24) is 4.90 Å². The Morgan fingerprint density at radius 1 is 1.41 bits per heavy atom. The molecule has 0 unspecified atom stereocenters. The van der Waals surface area contributed by atoms with Crippen molar-refractivity contribution in [3.63, 3.8) is 0 Å². The zero-order chi connectivity index (χ0) is 12.3. The number of ether oxygens (including phenoxy) is 1. The van der Waals surface area contributed by atoms with Crippen LogP contribution in [0.2, 0.25) is 0 Å². The van der Waals surface area contributed by atoms with Gasteiger partial charge in [-0.1, -0.05) is 19.1 Å². The molecule has 0 bridgehead atoms. The Bertz CT molecular complexity index is 403. The van der Waals surface area contributed by atoms with E-state index in [9.17, 15) is 4.79 Å². The molecule has 1 heterocycles. The number of hydrogen-bond donors (Lipinski definition) is 0. The first kappa shape index (κ1) is 12.0. The van der Waals surface area contributed by atoms with Gasteiger partial charge in [0.05, 0.1) is 12.7 Å². The average molecular weight is 233 g/mol. The fourth-order valence-corrected chi connectivity index (χ4v) is 2.37. The van der Waals surface area contributed by atoms with Crippen molar-refractivity contribution in [2.75, 3.05) is 20.2 Å². The van der Waals surface area contributed by atoms with E-state index in [1.54, 1.807) is 7.11 Å². The van der Waals surface area contributed by atoms with Crippen LogP contribution in [0, 0.1) is 5.92 Å². The summed E-state index contributed by atoms with van der Waals surface area (Å²) >= 11 is 0. The van der Waals surface area contributed by atoms with Gasteiger partial charge in [-0.2, -0.15) is 0 Å². The highest BCUT2D eigenvalue weighted by Gasteiger charge is 2.23. The summed E-state index contributed by atoms with van der Waals surface area (Å²) in [4.78, 5) is 14.3. The van der Waals surface area contributed by atoms with Gasteiger partial charge in [0, 0.05) is 13.1 Å². The van der Waals surface area contributed by atoms with Crippen LogP contribution < -0.4 is 4.74 Å². The van der Waals surface area contributed by atoms with Crippen LogP contribution in [0.25, 0.3) is 0 Å². The van der Waals surface area contributed by atoms with E-state index >= 15 is 0 Å². The largest absolute Gasteiger partial charge is 0.496 e. The highest BCUT2D eigenvalue weighted by atomic mass is 16.5. The van der Waals surface area contributed by atoms with Crippen LogP contribution in [0.5, 0.6) is 5.75 Å². The van der Waals surface area contributed by atoms with Crippen LogP contribution in [0.15, 0.2) is 24.3 Å². The topological polar surface area (TPSA) is 29.5 Å². The van der Waals surface area contributed by atoms with Crippen molar-refractivity contribution in [3.8, 4) is 5.75 Å². The molecule has 0 N–H and O–H groups in total. The molecule has 1 fully saturated rings. The summed E-state index contributed by atoms with van der Waals surface area (Å²) in [5, 5.41) is 0. The van der Waals surface area contributed by atoms with Gasteiger partial charge >= 0.3 is 0 Å². The number of hydrogen-bond acceptors (Lipinski definition) is 2. The third kappa shape index (κ3) is 2.60. The molecule has 92 valence electrons. The lowest BCUT2D eigenvalue weighted by molar-refractivity contribution is 0.0679. The summed E-state index contributed by atoms with van der Waals surface area (Å²) < 4.78 is 5.24. The summed E-state index contributed by atoms with van der Waals surface area (Å²) in [6.45, 7) is 3.92. The maximum Gasteiger partial charge on any atom is 0.257 e. The lowest BCUT2D eigenvalue weighted by atomic mass is 9.99. The summed E-state index contributed by atoms with van der Waals surface area (Å²) in [6.07, 6.45) is 2.32. The molecule has 1 atom stereocenters. The van der Waals surface area contributed by atoms with E-state index in [4.69, 9.17) is 4.74 Å². The van der Waals surface area contributed by atoms with Crippen molar-refractivity contribution in [2.45, 2.75) is 19.8 Å². The van der Waals surface area contributed by atoms with Gasteiger partial charge in [-0.05, 0) is 30.9 Å². The van der Waals surface area contributed by atoms with Crippen molar-refractivity contribution in [3.05, 3.63) is 29.8 Å². The molecule has 1 aromatic carbocycles. The molecule has 0 saturated carbocycles. The van der Waals surface area contributed by atoms with Gasteiger partial charge in [0.15, 0.2) is 0 Å². The number of carbonyl (C=O) groups is 1. The minimum Gasteiger partial charge on any atom is -0.496 e. The molecule has 17 heavy (non-hydrogen) atoms. The normalized spacial score (nSPS) is 20.1. The zero-order valence-electron chi connectivity index (χ0n) is 10.5. The van der Waals surface area contributed by atoms with Gasteiger partial charge in [-0.25, -0.2) is 0 Å². The quantitative estimate of drug-likeness (QED) is 0.785. The molecule has 1 saturated heterocycles. The Morgan fingerprint density at radius 2 is 2.18 bits per heavy atom. The average Bonchev–Trinajstić information content (AvgIpc) is 2.38. The molecule has 3 heteroatoms. The fraction of sp³-hybridized carbons (Fsp3) is 0.500. The lowest BCUT2D eigenvalue weighted by Gasteiger charge is -2.31. The highest BCUT2D eigenvalue weighted by molar-refractivity contribution is 5.97. The standard InChI is InChI=1S/C14H19NO2/c1-11-6-5-9-15(10-11)14(16)12-7-3-4-8-13(12)17-2/h3-4,7-8,11H,5-6,9-10H2,1-2H3/t11-/m1/s1. The Labute approximate surface area is 102 Å². The summed E-state index contributed by atoms with van der Waals surface area (Å²) in [5.74, 6) is 1.35. The monoisotopic (exact) mass is 233 g/mol. The lowest BCUT2D eigenvalue weighted by Crippen LogP contribution is -2.39. The van der Waals surface area contributed by atoms with E-state index in [2.05, 4.69) is 6.92 Å². The SMILES string of the molecule is COc1ccccc1C(=O)N1CCC[C@@H](C)C1. The minimum atomic E-state index is 0.0917. The molecule has 0 aliphatic carbocycles. The van der Waals surface area contributed by atoms with E-state index in [1.165, 1.54) is 6.42 Å². The van der Waals surface area contributed by atoms with Gasteiger partial charge in [0.25, 0.3) is 5.91 Å². The number of piperidine rings is 1. The minimum absolute atomic E-state index is 0.0917. The van der Waals surface area contributed by atoms with Crippen molar-refractivity contribution in [1.29, 1.82) is 0 Å². The number of methoxy groups -OCH3 is 1. The molecular weight excluding hydrogens is 214 g/mol. The smallest absolute Gasteiger partial charge is 0.257 e. The van der Waals surface area contributed by atoms with Crippen LogP contribution in [0.1, 0.15) is 30.1 Å². The molecule has 0 spiro atoms. The summed E-state index contributed by atoms with van der Waals surface area (Å²) in [6, 6.07) is 7.43. The Hall–Kier alpha value is -1.51. The van der Waals surface area contributed by atoms with Crippen LogP contribution in [0.3, 0.4) is 0 Å². The van der Waals surface area contributed by atoms with E-state index in [0.717, 1.165) is 19.5 Å². The molecule has 1 amide bonds. The van der Waals surface area contributed by atoms with E-state index in [-0.39, 0.29) is 5.91 Å². The second-order valence-electron chi connectivity index (χ2n) is 4.70. The second-order valence-corrected chi connectivity index (χ2v) is 4.70. The molecule has 0 aromatic heterocycles. The van der Waals surface area contributed by atoms with Crippen LogP contribution in [-0.4, -0.2) is 31.0 Å². The van der Waals surface area contributed by atoms with Gasteiger partial charge in [0.2, 0.25) is 0 Å². The summed E-state index contributed by atoms with van der Waals surface area (Å²) in [7, 11) is 1.60. The molecule has 2 rings (SSSR count). The third-order valence-electron chi connectivity index (χ3n) is 3.28. The van der Waals surface area contributed by atoms with Crippen LogP contribution in [-0.2, 0) is 0 Å². The van der Waals surface area contributed by atoms with Crippen molar-refractivity contribution >= 4 is 5.91 Å². The Morgan fingerprint density at radius 3 is 2.88 bits per heavy atom. The second kappa shape index (κ2) is 5.21. The number of nitrogens with zero attached hydrogens (tertiary/aromatic N) is 1. The van der Waals surface area contributed by atoms with E-state index < -0.39 is 0 Å². The highest BCUT2D eigenvalue weighted by Crippen LogP contribution is 2.23. The van der Waals surface area contributed by atoms with E-state index in [1.807, 2.05) is 29.2 Å². The van der Waals surface area contributed by atoms with Crippen LogP contribution >= 0.6 is 0 Å². The maximum atomic E-state index is 12.4. The Balaban J connectivity index is 2.18. The molecule has 3 nitrogen and oxygen atoms in total. The third-order valence-corrected chi connectivity index (χ3v) is 3.28. The predicted molar refractivity (Wildman–Crippen MR) is 67.3 cm³/mol. The first-order valence-electron chi connectivity index (χ1n) is 6.14. The molecule has 1 aromatic rings. The van der Waals surface area contributed by atoms with E-state index in [0.29, 0.717) is 17.2 Å². The molecule has 1 aliphatic rings. The number of para-hydroxylation sites is 1. The van der Waals surface area contributed by atoms with Gasteiger partial charge in [-0.15, -0.1) is 0 Å². The van der Waals surface area contributed by atoms with Crippen molar-refractivity contribution < 1.29 is 9.53 Å². The molecule has 0 radical (unpaired) electrons. The summed E-state index contributed by atoms with van der Waals surface area (Å²) in [5.41, 5.74) is 0.670. The first-order valence-corrected chi connectivity index (χ1v) is 6.14. The number of carbonyl (C=O) groups excluding carboxylic acids is 1. The molecular formula is C14H19NO2. The van der Waals surface area contributed by atoms with Gasteiger partial charge < -0.3 is 9.64 Å². The van der Waals surface area contributed by atoms with Crippen molar-refractivity contribution in [2.24, 2.45) is 5.92 Å². The predicted octanol–water partition coefficient (Wildman–Crippen LogP) is 2.57.